The second kappa shape index (κ2) is 14.1. The van der Waals surface area contributed by atoms with Gasteiger partial charge in [0.05, 0.1) is 42.6 Å². The average Bonchev–Trinajstić information content (AvgIpc) is 2.96. The topological polar surface area (TPSA) is 187 Å². The summed E-state index contributed by atoms with van der Waals surface area (Å²) in [5.74, 6) is -1.57. The molecule has 3 rings (SSSR count). The molecule has 0 unspecified atom stereocenters. The molecule has 3 N–H and O–H groups in total. The van der Waals surface area contributed by atoms with Crippen LogP contribution < -0.4 is 15.2 Å². The maximum Gasteiger partial charge on any atom is 0.420 e. The van der Waals surface area contributed by atoms with Crippen LogP contribution in [0, 0.1) is 11.3 Å². The van der Waals surface area contributed by atoms with Crippen molar-refractivity contribution in [2.45, 2.75) is 31.5 Å². The van der Waals surface area contributed by atoms with Crippen LogP contribution in [-0.2, 0) is 32.3 Å². The number of azo groups is 1. The van der Waals surface area contributed by atoms with Gasteiger partial charge < -0.3 is 20.3 Å². The molecule has 1 aromatic heterocycles. The number of aliphatic hydroxyl groups is 1. The molecule has 2 aromatic carbocycles. The molecule has 1 heterocycles. The van der Waals surface area contributed by atoms with E-state index in [4.69, 9.17) is 9.84 Å². The number of hydrogen-bond donors (Lipinski definition) is 3. The molecule has 0 aliphatic rings. The molecule has 0 fully saturated rings. The Morgan fingerprint density at radius 2 is 1.84 bits per heavy atom. The lowest BCUT2D eigenvalue weighted by Gasteiger charge is -2.23. The standard InChI is InChI=1S/C27H27F3N6O7S/c1-3-36(20-9-7-18(8-10-20)32-17(2)38)44(41,42)21-6-4-5-19(15-21)33-34-24-23(27(28,29)30)22(16-31)25(39)35(26(24)40)11-13-43-14-12-37/h4-10,15,37,39H,3,11-14H2,1-2H3,(H,32,38). The molecule has 0 aliphatic carbocycles. The molecule has 0 atom stereocenters. The molecule has 0 radical (unpaired) electrons. The van der Waals surface area contributed by atoms with Crippen LogP contribution in [0.2, 0.25) is 0 Å². The zero-order valence-electron chi connectivity index (χ0n) is 23.4. The van der Waals surface area contributed by atoms with Crippen LogP contribution in [0.1, 0.15) is 25.0 Å². The maximum atomic E-state index is 14.0. The number of carbonyl (C=O) groups excluding carboxylic acids is 1. The zero-order chi connectivity index (χ0) is 32.7. The van der Waals surface area contributed by atoms with Crippen molar-refractivity contribution < 1.29 is 41.3 Å². The van der Waals surface area contributed by atoms with Crippen LogP contribution in [0.3, 0.4) is 0 Å². The van der Waals surface area contributed by atoms with E-state index in [-0.39, 0.29) is 48.5 Å². The number of nitrogens with zero attached hydrogens (tertiary/aromatic N) is 5. The first-order valence-corrected chi connectivity index (χ1v) is 14.3. The van der Waals surface area contributed by atoms with E-state index in [0.717, 1.165) is 10.4 Å². The summed E-state index contributed by atoms with van der Waals surface area (Å²) in [7, 11) is -4.23. The largest absolute Gasteiger partial charge is 0.493 e. The Labute approximate surface area is 249 Å². The Morgan fingerprint density at radius 3 is 2.41 bits per heavy atom. The lowest BCUT2D eigenvalue weighted by atomic mass is 10.1. The number of pyridine rings is 1. The smallest absolute Gasteiger partial charge is 0.420 e. The van der Waals surface area contributed by atoms with Gasteiger partial charge in [-0.25, -0.2) is 8.42 Å². The fraction of sp³-hybridized carbons (Fsp3) is 0.296. The fourth-order valence-corrected chi connectivity index (χ4v) is 5.56. The highest BCUT2D eigenvalue weighted by molar-refractivity contribution is 7.92. The van der Waals surface area contributed by atoms with E-state index in [1.165, 1.54) is 55.5 Å². The Hall–Kier alpha value is -4.79. The minimum absolute atomic E-state index is 0.00545. The molecule has 17 heteroatoms. The molecule has 0 aliphatic heterocycles. The molecule has 0 saturated carbocycles. The van der Waals surface area contributed by atoms with Crippen molar-refractivity contribution in [3.8, 4) is 11.9 Å². The van der Waals surface area contributed by atoms with Gasteiger partial charge in [0.2, 0.25) is 11.8 Å². The number of carbonyl (C=O) groups is 1. The van der Waals surface area contributed by atoms with Crippen LogP contribution in [0.25, 0.3) is 0 Å². The van der Waals surface area contributed by atoms with E-state index in [1.54, 1.807) is 6.92 Å². The zero-order valence-corrected chi connectivity index (χ0v) is 24.2. The molecule has 44 heavy (non-hydrogen) atoms. The molecule has 13 nitrogen and oxygen atoms in total. The number of hydrogen-bond acceptors (Lipinski definition) is 10. The number of aromatic hydroxyl groups is 1. The number of aliphatic hydroxyl groups excluding tert-OH is 1. The summed E-state index contributed by atoms with van der Waals surface area (Å²) in [5, 5.41) is 38.2. The number of ether oxygens (including phenoxy) is 1. The van der Waals surface area contributed by atoms with E-state index >= 15 is 0 Å². The van der Waals surface area contributed by atoms with Gasteiger partial charge in [0, 0.05) is 19.2 Å². The van der Waals surface area contributed by atoms with Crippen molar-refractivity contribution in [2.24, 2.45) is 10.2 Å². The number of benzene rings is 2. The quantitative estimate of drug-likeness (QED) is 0.196. The third-order valence-electron chi connectivity index (χ3n) is 5.94. The summed E-state index contributed by atoms with van der Waals surface area (Å²) in [6.07, 6.45) is -5.30. The first-order chi connectivity index (χ1) is 20.8. The minimum Gasteiger partial charge on any atom is -0.493 e. The Kier molecular flexibility index (Phi) is 10.8. The normalized spacial score (nSPS) is 11.8. The van der Waals surface area contributed by atoms with Gasteiger partial charge in [-0.05, 0) is 49.4 Å². The summed E-state index contributed by atoms with van der Waals surface area (Å²) in [5.41, 5.74) is -5.36. The van der Waals surface area contributed by atoms with E-state index in [1.807, 2.05) is 0 Å². The van der Waals surface area contributed by atoms with Gasteiger partial charge in [-0.2, -0.15) is 23.5 Å². The Morgan fingerprint density at radius 1 is 1.16 bits per heavy atom. The maximum absolute atomic E-state index is 14.0. The summed E-state index contributed by atoms with van der Waals surface area (Å²) < 4.78 is 75.5. The van der Waals surface area contributed by atoms with E-state index in [9.17, 15) is 41.5 Å². The lowest BCUT2D eigenvalue weighted by Crippen LogP contribution is -2.30. The summed E-state index contributed by atoms with van der Waals surface area (Å²) >= 11 is 0. The third-order valence-corrected chi connectivity index (χ3v) is 7.84. The fourth-order valence-electron chi connectivity index (χ4n) is 4.05. The summed E-state index contributed by atoms with van der Waals surface area (Å²) in [6, 6.07) is 12.0. The average molecular weight is 637 g/mol. The predicted octanol–water partition coefficient (Wildman–Crippen LogP) is 4.04. The van der Waals surface area contributed by atoms with Crippen molar-refractivity contribution >= 4 is 38.7 Å². The van der Waals surface area contributed by atoms with Crippen LogP contribution in [0.15, 0.2) is 68.4 Å². The number of anilines is 2. The Bertz CT molecular complexity index is 1750. The third kappa shape index (κ3) is 7.58. The molecule has 3 aromatic rings. The van der Waals surface area contributed by atoms with Crippen LogP contribution in [0.4, 0.5) is 35.9 Å². The van der Waals surface area contributed by atoms with Gasteiger partial charge in [-0.1, -0.05) is 6.07 Å². The van der Waals surface area contributed by atoms with Crippen LogP contribution in [0.5, 0.6) is 5.88 Å². The van der Waals surface area contributed by atoms with Crippen molar-refractivity contribution in [3.63, 3.8) is 0 Å². The number of aromatic nitrogens is 1. The second-order valence-corrected chi connectivity index (χ2v) is 10.8. The van der Waals surface area contributed by atoms with Crippen molar-refractivity contribution in [1.29, 1.82) is 5.26 Å². The first kappa shape index (κ1) is 33.7. The number of alkyl halides is 3. The number of halogens is 3. The van der Waals surface area contributed by atoms with E-state index < -0.39 is 51.0 Å². The number of rotatable bonds is 12. The van der Waals surface area contributed by atoms with Gasteiger partial charge in [0.15, 0.2) is 5.69 Å². The van der Waals surface area contributed by atoms with Gasteiger partial charge in [-0.3, -0.25) is 18.5 Å². The summed E-state index contributed by atoms with van der Waals surface area (Å²) in [6.45, 7) is 1.60. The van der Waals surface area contributed by atoms with Gasteiger partial charge in [0.1, 0.15) is 17.2 Å². The predicted molar refractivity (Wildman–Crippen MR) is 152 cm³/mol. The molecule has 0 spiro atoms. The molecule has 1 amide bonds. The highest BCUT2D eigenvalue weighted by Gasteiger charge is 2.41. The van der Waals surface area contributed by atoms with Crippen LogP contribution >= 0.6 is 0 Å². The molecule has 0 bridgehead atoms. The molecule has 0 saturated heterocycles. The Balaban J connectivity index is 2.06. The molecular formula is C27H27F3N6O7S. The molecule has 234 valence electrons. The first-order valence-electron chi connectivity index (χ1n) is 12.8. The number of sulfonamides is 1. The SMILES string of the molecule is CCN(c1ccc(NC(C)=O)cc1)S(=O)(=O)c1cccc(N=Nc2c(C(F)(F)F)c(C#N)c(O)n(CCOCCO)c2=O)c1. The number of amides is 1. The van der Waals surface area contributed by atoms with Gasteiger partial charge >= 0.3 is 6.18 Å². The number of nitrogens with one attached hydrogen (secondary N) is 1. The van der Waals surface area contributed by atoms with Crippen molar-refractivity contribution in [1.82, 2.24) is 4.57 Å². The number of nitriles is 1. The highest BCUT2D eigenvalue weighted by atomic mass is 32.2. The minimum atomic E-state index is -5.30. The second-order valence-electron chi connectivity index (χ2n) is 8.92. The van der Waals surface area contributed by atoms with Crippen LogP contribution in [-0.4, -0.2) is 55.5 Å². The molecular weight excluding hydrogens is 609 g/mol. The van der Waals surface area contributed by atoms with E-state index in [0.29, 0.717) is 10.3 Å². The summed E-state index contributed by atoms with van der Waals surface area (Å²) in [4.78, 5) is 24.0. The monoisotopic (exact) mass is 636 g/mol. The highest BCUT2D eigenvalue weighted by Crippen LogP contribution is 2.40. The van der Waals surface area contributed by atoms with E-state index in [2.05, 4.69) is 15.5 Å². The lowest BCUT2D eigenvalue weighted by molar-refractivity contribution is -0.137. The van der Waals surface area contributed by atoms with Gasteiger partial charge in [0.25, 0.3) is 15.6 Å². The van der Waals surface area contributed by atoms with Gasteiger partial charge in [-0.15, -0.1) is 5.11 Å². The van der Waals surface area contributed by atoms with Crippen molar-refractivity contribution in [3.05, 3.63) is 70.0 Å². The van der Waals surface area contributed by atoms with Crippen molar-refractivity contribution in [2.75, 3.05) is 36.0 Å².